The molecule has 3 aromatic heterocycles. The van der Waals surface area contributed by atoms with Crippen LogP contribution in [0.4, 0.5) is 0 Å². The maximum absolute atomic E-state index is 13.2. The van der Waals surface area contributed by atoms with E-state index >= 15 is 0 Å². The molecule has 0 N–H and O–H groups in total. The lowest BCUT2D eigenvalue weighted by Crippen LogP contribution is -2.34. The highest BCUT2D eigenvalue weighted by atomic mass is 16.5. The molecule has 4 rings (SSSR count). The number of likely N-dealkylation sites (N-methyl/N-ethyl adjacent to an activating group) is 1. The molecule has 1 amide bonds. The fourth-order valence-corrected chi connectivity index (χ4v) is 3.34. The molecule has 4 aromatic rings. The zero-order valence-corrected chi connectivity index (χ0v) is 16.4. The third-order valence-corrected chi connectivity index (χ3v) is 4.91. The van der Waals surface area contributed by atoms with E-state index in [-0.39, 0.29) is 11.9 Å². The second-order valence-electron chi connectivity index (χ2n) is 6.82. The Morgan fingerprint density at radius 1 is 1.07 bits per heavy atom. The first-order valence-corrected chi connectivity index (χ1v) is 9.38. The van der Waals surface area contributed by atoms with Crippen LogP contribution in [-0.2, 0) is 4.74 Å². The van der Waals surface area contributed by atoms with E-state index in [0.29, 0.717) is 12.2 Å². The molecular weight excluding hydrogens is 364 g/mol. The number of carbonyl (C=O) groups is 1. The summed E-state index contributed by atoms with van der Waals surface area (Å²) in [6.07, 6.45) is 5.47. The minimum absolute atomic E-state index is 0.102. The standard InChI is InChI=1S/C23H22N4O2/c1-26(21(16-29-2)19-10-6-7-13-24-19)23(28)18-11-12-22-25-20(15-27(22)14-18)17-8-4-3-5-9-17/h3-15,21H,16H2,1-2H3/t21-/m0/s1. The highest BCUT2D eigenvalue weighted by molar-refractivity contribution is 5.94. The predicted octanol–water partition coefficient (Wildman–Crippen LogP) is 3.86. The van der Waals surface area contributed by atoms with Gasteiger partial charge >= 0.3 is 0 Å². The Morgan fingerprint density at radius 3 is 2.59 bits per heavy atom. The van der Waals surface area contributed by atoms with Gasteiger partial charge in [-0.15, -0.1) is 0 Å². The molecule has 3 heterocycles. The van der Waals surface area contributed by atoms with E-state index in [4.69, 9.17) is 4.74 Å². The van der Waals surface area contributed by atoms with Gasteiger partial charge in [0.05, 0.1) is 29.6 Å². The van der Waals surface area contributed by atoms with E-state index in [1.807, 2.05) is 71.4 Å². The number of imidazole rings is 1. The number of nitrogens with zero attached hydrogens (tertiary/aromatic N) is 4. The summed E-state index contributed by atoms with van der Waals surface area (Å²) >= 11 is 0. The smallest absolute Gasteiger partial charge is 0.255 e. The molecule has 6 nitrogen and oxygen atoms in total. The van der Waals surface area contributed by atoms with Gasteiger partial charge < -0.3 is 14.0 Å². The van der Waals surface area contributed by atoms with Gasteiger partial charge in [0.25, 0.3) is 5.91 Å². The Labute approximate surface area is 169 Å². The van der Waals surface area contributed by atoms with Crippen LogP contribution in [0.15, 0.2) is 79.3 Å². The average molecular weight is 386 g/mol. The van der Waals surface area contributed by atoms with E-state index in [2.05, 4.69) is 9.97 Å². The maximum atomic E-state index is 13.2. The molecular formula is C23H22N4O2. The van der Waals surface area contributed by atoms with Crippen molar-refractivity contribution in [2.24, 2.45) is 0 Å². The minimum Gasteiger partial charge on any atom is -0.382 e. The first-order valence-electron chi connectivity index (χ1n) is 9.38. The molecule has 6 heteroatoms. The van der Waals surface area contributed by atoms with Crippen molar-refractivity contribution in [1.82, 2.24) is 19.3 Å². The highest BCUT2D eigenvalue weighted by Gasteiger charge is 2.24. The summed E-state index contributed by atoms with van der Waals surface area (Å²) in [7, 11) is 3.39. The van der Waals surface area contributed by atoms with Gasteiger partial charge in [-0.25, -0.2) is 4.98 Å². The number of methoxy groups -OCH3 is 1. The lowest BCUT2D eigenvalue weighted by molar-refractivity contribution is 0.0594. The maximum Gasteiger partial charge on any atom is 0.255 e. The van der Waals surface area contributed by atoms with Crippen molar-refractivity contribution < 1.29 is 9.53 Å². The Hall–Kier alpha value is -3.51. The van der Waals surface area contributed by atoms with Gasteiger partial charge in [0.1, 0.15) is 5.65 Å². The number of pyridine rings is 2. The van der Waals surface area contributed by atoms with Crippen molar-refractivity contribution in [1.29, 1.82) is 0 Å². The minimum atomic E-state index is -0.271. The van der Waals surface area contributed by atoms with Crippen molar-refractivity contribution in [3.63, 3.8) is 0 Å². The van der Waals surface area contributed by atoms with Gasteiger partial charge in [-0.05, 0) is 24.3 Å². The summed E-state index contributed by atoms with van der Waals surface area (Å²) in [5.74, 6) is -0.102. The SMILES string of the molecule is COC[C@@H](c1ccccn1)N(C)C(=O)c1ccc2nc(-c3ccccc3)cn2c1. The summed E-state index contributed by atoms with van der Waals surface area (Å²) in [5.41, 5.74) is 4.07. The topological polar surface area (TPSA) is 59.7 Å². The van der Waals surface area contributed by atoms with Crippen LogP contribution in [0, 0.1) is 0 Å². The summed E-state index contributed by atoms with van der Waals surface area (Å²) in [6.45, 7) is 0.366. The predicted molar refractivity (Wildman–Crippen MR) is 112 cm³/mol. The summed E-state index contributed by atoms with van der Waals surface area (Å²) < 4.78 is 7.22. The van der Waals surface area contributed by atoms with E-state index in [0.717, 1.165) is 22.6 Å². The van der Waals surface area contributed by atoms with Crippen LogP contribution in [0.3, 0.4) is 0 Å². The number of hydrogen-bond donors (Lipinski definition) is 0. The first-order chi connectivity index (χ1) is 14.2. The molecule has 0 spiro atoms. The van der Waals surface area contributed by atoms with Crippen LogP contribution >= 0.6 is 0 Å². The number of aromatic nitrogens is 3. The number of ether oxygens (including phenoxy) is 1. The van der Waals surface area contributed by atoms with Crippen LogP contribution in [0.2, 0.25) is 0 Å². The summed E-state index contributed by atoms with van der Waals surface area (Å²) in [5, 5.41) is 0. The molecule has 0 fully saturated rings. The quantitative estimate of drug-likeness (QED) is 0.505. The summed E-state index contributed by atoms with van der Waals surface area (Å²) in [6, 6.07) is 19.0. The Kier molecular flexibility index (Phi) is 5.35. The zero-order chi connectivity index (χ0) is 20.2. The normalized spacial score (nSPS) is 12.1. The molecule has 0 saturated heterocycles. The number of fused-ring (bicyclic) bond motifs is 1. The molecule has 0 aliphatic heterocycles. The molecule has 0 aliphatic carbocycles. The number of hydrogen-bond acceptors (Lipinski definition) is 4. The molecule has 0 bridgehead atoms. The van der Waals surface area contributed by atoms with Gasteiger partial charge in [-0.3, -0.25) is 9.78 Å². The molecule has 0 saturated carbocycles. The van der Waals surface area contributed by atoms with Crippen LogP contribution < -0.4 is 0 Å². The number of rotatable bonds is 6. The number of amides is 1. The monoisotopic (exact) mass is 386 g/mol. The Morgan fingerprint density at radius 2 is 1.86 bits per heavy atom. The van der Waals surface area contributed by atoms with Crippen molar-refractivity contribution in [3.8, 4) is 11.3 Å². The van der Waals surface area contributed by atoms with E-state index in [1.54, 1.807) is 31.3 Å². The van der Waals surface area contributed by atoms with Gasteiger partial charge in [0.15, 0.2) is 0 Å². The van der Waals surface area contributed by atoms with E-state index < -0.39 is 0 Å². The van der Waals surface area contributed by atoms with Crippen molar-refractivity contribution in [2.45, 2.75) is 6.04 Å². The van der Waals surface area contributed by atoms with Crippen molar-refractivity contribution >= 4 is 11.6 Å². The number of carbonyl (C=O) groups excluding carboxylic acids is 1. The Bertz CT molecular complexity index is 1110. The first kappa shape index (κ1) is 18.8. The summed E-state index contributed by atoms with van der Waals surface area (Å²) in [4.78, 5) is 23.9. The fraction of sp³-hybridized carbons (Fsp3) is 0.174. The van der Waals surface area contributed by atoms with Crippen LogP contribution in [0.1, 0.15) is 22.1 Å². The van der Waals surface area contributed by atoms with Crippen molar-refractivity contribution in [3.05, 3.63) is 90.5 Å². The molecule has 29 heavy (non-hydrogen) atoms. The fourth-order valence-electron chi connectivity index (χ4n) is 3.34. The van der Waals surface area contributed by atoms with Gasteiger partial charge in [0, 0.05) is 38.3 Å². The molecule has 0 unspecified atom stereocenters. The van der Waals surface area contributed by atoms with E-state index in [9.17, 15) is 4.79 Å². The van der Waals surface area contributed by atoms with Crippen LogP contribution in [0.25, 0.3) is 16.9 Å². The Balaban J connectivity index is 1.63. The van der Waals surface area contributed by atoms with E-state index in [1.165, 1.54) is 0 Å². The van der Waals surface area contributed by atoms with Crippen LogP contribution in [-0.4, -0.2) is 45.9 Å². The average Bonchev–Trinajstić information content (AvgIpc) is 3.21. The second-order valence-corrected chi connectivity index (χ2v) is 6.82. The van der Waals surface area contributed by atoms with Gasteiger partial charge in [-0.1, -0.05) is 36.4 Å². The van der Waals surface area contributed by atoms with Crippen LogP contribution in [0.5, 0.6) is 0 Å². The molecule has 0 aliphatic rings. The molecule has 146 valence electrons. The lowest BCUT2D eigenvalue weighted by atomic mass is 10.1. The second kappa shape index (κ2) is 8.24. The highest BCUT2D eigenvalue weighted by Crippen LogP contribution is 2.22. The largest absolute Gasteiger partial charge is 0.382 e. The third-order valence-electron chi connectivity index (χ3n) is 4.91. The third kappa shape index (κ3) is 3.88. The van der Waals surface area contributed by atoms with Gasteiger partial charge in [0.2, 0.25) is 0 Å². The molecule has 1 aromatic carbocycles. The van der Waals surface area contributed by atoms with Gasteiger partial charge in [-0.2, -0.15) is 0 Å². The molecule has 0 radical (unpaired) electrons. The lowest BCUT2D eigenvalue weighted by Gasteiger charge is -2.27. The number of benzene rings is 1. The molecule has 1 atom stereocenters. The zero-order valence-electron chi connectivity index (χ0n) is 16.4. The van der Waals surface area contributed by atoms with Crippen molar-refractivity contribution in [2.75, 3.05) is 20.8 Å².